The number of hydrogen-bond donors (Lipinski definition) is 1. The maximum Gasteiger partial charge on any atom is 0.259 e. The molecule has 0 unspecified atom stereocenters. The van der Waals surface area contributed by atoms with Gasteiger partial charge in [-0.1, -0.05) is 0 Å². The maximum absolute atomic E-state index is 10.7. The van der Waals surface area contributed by atoms with Crippen molar-refractivity contribution in [3.05, 3.63) is 69.3 Å². The molecule has 10 nitrogen and oxygen atoms in total. The van der Waals surface area contributed by atoms with Crippen molar-refractivity contribution in [1.29, 1.82) is 0 Å². The Hall–Kier alpha value is -3.86. The molecule has 0 radical (unpaired) electrons. The number of rotatable bonds is 3. The van der Waals surface area contributed by atoms with E-state index in [1.807, 2.05) is 12.1 Å². The lowest BCUT2D eigenvalue weighted by Gasteiger charge is -2.34. The van der Waals surface area contributed by atoms with Crippen LogP contribution in [-0.4, -0.2) is 81.2 Å². The van der Waals surface area contributed by atoms with E-state index in [0.29, 0.717) is 17.1 Å². The summed E-state index contributed by atoms with van der Waals surface area (Å²) in [5.41, 5.74) is 9.13. The van der Waals surface area contributed by atoms with Crippen LogP contribution in [0.25, 0.3) is 9.69 Å². The second kappa shape index (κ2) is 11.3. The quantitative estimate of drug-likeness (QED) is 0.323. The highest BCUT2D eigenvalue weighted by Crippen LogP contribution is 2.33. The fraction of sp³-hybridized carbons (Fsp3) is 0.417. The van der Waals surface area contributed by atoms with E-state index in [1.165, 1.54) is 12.1 Å². The fourth-order valence-corrected chi connectivity index (χ4v) is 3.97. The van der Waals surface area contributed by atoms with Crippen molar-refractivity contribution in [2.75, 3.05) is 82.0 Å². The molecule has 0 spiro atoms. The third kappa shape index (κ3) is 6.13. The molecule has 10 heteroatoms. The molecule has 0 atom stereocenters. The minimum atomic E-state index is -0.470. The Labute approximate surface area is 200 Å². The zero-order chi connectivity index (χ0) is 24.7. The minimum absolute atomic E-state index is 0.0288. The third-order valence-corrected chi connectivity index (χ3v) is 6.10. The van der Waals surface area contributed by atoms with Crippen molar-refractivity contribution in [2.24, 2.45) is 0 Å². The molecular weight excluding hydrogens is 432 g/mol. The molecule has 2 aliphatic rings. The molecule has 2 saturated heterocycles. The van der Waals surface area contributed by atoms with Crippen LogP contribution in [0.5, 0.6) is 0 Å². The molecule has 4 rings (SSSR count). The van der Waals surface area contributed by atoms with E-state index in [2.05, 4.69) is 43.4 Å². The van der Waals surface area contributed by atoms with Gasteiger partial charge in [-0.05, 0) is 38.4 Å². The number of nitro groups is 1. The lowest BCUT2D eigenvalue weighted by Crippen LogP contribution is -2.44. The summed E-state index contributed by atoms with van der Waals surface area (Å²) in [6.07, 6.45) is 0. The summed E-state index contributed by atoms with van der Waals surface area (Å²) in [6.45, 7) is 21.9. The average molecular weight is 463 g/mol. The predicted molar refractivity (Wildman–Crippen MR) is 136 cm³/mol. The number of likely N-dealkylation sites (N-methyl/N-ethyl adjacent to an activating group) is 2. The summed E-state index contributed by atoms with van der Waals surface area (Å²) in [4.78, 5) is 26.0. The van der Waals surface area contributed by atoms with E-state index in [4.69, 9.17) is 18.9 Å². The van der Waals surface area contributed by atoms with Gasteiger partial charge in [0.1, 0.15) is 0 Å². The molecule has 2 aromatic carbocycles. The molecule has 178 valence electrons. The van der Waals surface area contributed by atoms with Crippen molar-refractivity contribution in [3.63, 3.8) is 0 Å². The summed E-state index contributed by atoms with van der Waals surface area (Å²) in [5, 5.41) is 10.7. The number of anilines is 3. The van der Waals surface area contributed by atoms with Crippen LogP contribution in [-0.2, 0) is 0 Å². The minimum Gasteiger partial charge on any atom is -0.400 e. The Bertz CT molecular complexity index is 1090. The molecule has 34 heavy (non-hydrogen) atoms. The first-order valence-electron chi connectivity index (χ1n) is 11.1. The van der Waals surface area contributed by atoms with Crippen molar-refractivity contribution < 1.29 is 4.92 Å². The number of nitrogens with two attached hydrogens (primary N) is 1. The van der Waals surface area contributed by atoms with Gasteiger partial charge in [-0.2, -0.15) is 0 Å². The zero-order valence-corrected chi connectivity index (χ0v) is 19.6. The van der Waals surface area contributed by atoms with E-state index >= 15 is 0 Å². The number of nitro benzene ring substituents is 1. The molecule has 2 fully saturated rings. The normalized spacial score (nSPS) is 16.7. The standard InChI is InChI=1S/C12H14N4O2.C12H16N4/c1-13-11-9-10(16(17)18)3-4-12(11)15-7-5-14(2)6-8-15;1-14-11-9-10(13)3-4-12(11)16-7-5-15(2)6-8-16/h3-4,9H,5-8H2,2H3;3-4,9H,5-8,13H2,2H3. The van der Waals surface area contributed by atoms with Crippen LogP contribution in [0, 0.1) is 23.3 Å². The molecule has 0 bridgehead atoms. The first-order chi connectivity index (χ1) is 16.3. The maximum atomic E-state index is 10.7. The highest BCUT2D eigenvalue weighted by Gasteiger charge is 2.19. The largest absolute Gasteiger partial charge is 0.400 e. The average Bonchev–Trinajstić information content (AvgIpc) is 2.85. The molecule has 0 amide bonds. The van der Waals surface area contributed by atoms with Crippen LogP contribution >= 0.6 is 0 Å². The van der Waals surface area contributed by atoms with Crippen LogP contribution in [0.1, 0.15) is 0 Å². The Morgan fingerprint density at radius 3 is 1.68 bits per heavy atom. The van der Waals surface area contributed by atoms with Gasteiger partial charge in [0.15, 0.2) is 0 Å². The van der Waals surface area contributed by atoms with Crippen LogP contribution in [0.15, 0.2) is 36.4 Å². The molecule has 0 saturated carbocycles. The van der Waals surface area contributed by atoms with Gasteiger partial charge in [0.25, 0.3) is 5.69 Å². The third-order valence-electron chi connectivity index (χ3n) is 6.10. The smallest absolute Gasteiger partial charge is 0.259 e. The molecule has 0 aromatic heterocycles. The van der Waals surface area contributed by atoms with Gasteiger partial charge in [-0.25, -0.2) is 9.69 Å². The molecule has 2 N–H and O–H groups in total. The molecular formula is C24H30N8O2. The number of piperazine rings is 2. The number of benzene rings is 2. The second-order valence-corrected chi connectivity index (χ2v) is 8.48. The van der Waals surface area contributed by atoms with E-state index in [9.17, 15) is 10.1 Å². The van der Waals surface area contributed by atoms with Gasteiger partial charge in [-0.15, -0.1) is 0 Å². The van der Waals surface area contributed by atoms with Gasteiger partial charge in [-0.3, -0.25) is 10.1 Å². The SMILES string of the molecule is [C-]#[N+]c1cc(N)ccc1N1CCN(C)CC1.[C-]#[N+]c1cc([N+](=O)[O-])ccc1N1CCN(C)CC1. The molecule has 2 aromatic rings. The summed E-state index contributed by atoms with van der Waals surface area (Å²) >= 11 is 0. The van der Waals surface area contributed by atoms with Crippen molar-refractivity contribution in [2.45, 2.75) is 0 Å². The topological polar surface area (TPSA) is 90.8 Å². The van der Waals surface area contributed by atoms with E-state index in [1.54, 1.807) is 12.1 Å². The highest BCUT2D eigenvalue weighted by molar-refractivity contribution is 5.75. The van der Waals surface area contributed by atoms with Crippen LogP contribution in [0.2, 0.25) is 0 Å². The first-order valence-corrected chi connectivity index (χ1v) is 11.1. The van der Waals surface area contributed by atoms with Gasteiger partial charge in [0.05, 0.1) is 18.1 Å². The van der Waals surface area contributed by atoms with Crippen molar-refractivity contribution in [3.8, 4) is 0 Å². The van der Waals surface area contributed by atoms with E-state index < -0.39 is 4.92 Å². The molecule has 2 aliphatic heterocycles. The van der Waals surface area contributed by atoms with Crippen LogP contribution in [0.3, 0.4) is 0 Å². The lowest BCUT2D eigenvalue weighted by atomic mass is 10.2. The summed E-state index contributed by atoms with van der Waals surface area (Å²) < 4.78 is 0. The fourth-order valence-electron chi connectivity index (χ4n) is 3.97. The Morgan fingerprint density at radius 1 is 0.794 bits per heavy atom. The summed E-state index contributed by atoms with van der Waals surface area (Å²) in [7, 11) is 4.18. The highest BCUT2D eigenvalue weighted by atomic mass is 16.6. The van der Waals surface area contributed by atoms with Crippen LogP contribution in [0.4, 0.5) is 34.1 Å². The van der Waals surface area contributed by atoms with Gasteiger partial charge in [0.2, 0.25) is 11.4 Å². The van der Waals surface area contributed by atoms with Gasteiger partial charge < -0.3 is 25.3 Å². The first kappa shape index (κ1) is 24.8. The Balaban J connectivity index is 0.000000192. The Morgan fingerprint density at radius 2 is 1.24 bits per heavy atom. The number of hydrogen-bond acceptors (Lipinski definition) is 7. The number of non-ortho nitro benzene ring substituents is 1. The van der Waals surface area contributed by atoms with Crippen molar-refractivity contribution in [1.82, 2.24) is 9.80 Å². The summed E-state index contributed by atoms with van der Waals surface area (Å²) in [6, 6.07) is 10.1. The van der Waals surface area contributed by atoms with Gasteiger partial charge in [0, 0.05) is 81.6 Å². The number of nitrogen functional groups attached to an aromatic ring is 1. The number of nitrogens with zero attached hydrogens (tertiary/aromatic N) is 7. The lowest BCUT2D eigenvalue weighted by molar-refractivity contribution is -0.384. The Kier molecular flexibility index (Phi) is 8.25. The monoisotopic (exact) mass is 462 g/mol. The van der Waals surface area contributed by atoms with E-state index in [-0.39, 0.29) is 5.69 Å². The summed E-state index contributed by atoms with van der Waals surface area (Å²) in [5.74, 6) is 0. The molecule has 0 aliphatic carbocycles. The van der Waals surface area contributed by atoms with Gasteiger partial charge >= 0.3 is 0 Å². The predicted octanol–water partition coefficient (Wildman–Crippen LogP) is 3.47. The van der Waals surface area contributed by atoms with E-state index in [0.717, 1.165) is 63.7 Å². The second-order valence-electron chi connectivity index (χ2n) is 8.48. The molecule has 2 heterocycles. The zero-order valence-electron chi connectivity index (χ0n) is 19.6. The van der Waals surface area contributed by atoms with Crippen molar-refractivity contribution >= 4 is 34.1 Å². The van der Waals surface area contributed by atoms with Crippen LogP contribution < -0.4 is 15.5 Å².